The minimum Gasteiger partial charge on any atom is -0.508 e. The summed E-state index contributed by atoms with van der Waals surface area (Å²) in [4.78, 5) is 14.0. The number of benzene rings is 1. The van der Waals surface area contributed by atoms with Crippen LogP contribution >= 0.6 is 23.8 Å². The average molecular weight is 287 g/mol. The number of rotatable bonds is 5. The van der Waals surface area contributed by atoms with Gasteiger partial charge >= 0.3 is 0 Å². The Hall–Kier alpha value is -1.33. The quantitative estimate of drug-likeness (QED) is 0.814. The van der Waals surface area contributed by atoms with Crippen molar-refractivity contribution in [3.05, 3.63) is 28.8 Å². The molecule has 0 aliphatic rings. The Morgan fingerprint density at radius 2 is 2.22 bits per heavy atom. The first-order valence-corrected chi connectivity index (χ1v) is 6.30. The molecule has 0 saturated heterocycles. The minimum atomic E-state index is -0.287. The molecular formula is C12H15ClN2O2S. The molecular weight excluding hydrogens is 272 g/mol. The van der Waals surface area contributed by atoms with Gasteiger partial charge in [0.05, 0.1) is 22.1 Å². The van der Waals surface area contributed by atoms with Crippen molar-refractivity contribution >= 4 is 34.7 Å². The maximum absolute atomic E-state index is 12.3. The zero-order chi connectivity index (χ0) is 13.7. The molecule has 0 aliphatic heterocycles. The number of aromatic hydroxyl groups is 1. The molecule has 0 spiro atoms. The van der Waals surface area contributed by atoms with Crippen molar-refractivity contribution in [2.75, 3.05) is 13.1 Å². The highest BCUT2D eigenvalue weighted by molar-refractivity contribution is 7.80. The molecule has 98 valence electrons. The first-order valence-electron chi connectivity index (χ1n) is 5.51. The van der Waals surface area contributed by atoms with E-state index in [1.807, 2.05) is 6.92 Å². The van der Waals surface area contributed by atoms with Gasteiger partial charge in [0.2, 0.25) is 0 Å². The van der Waals surface area contributed by atoms with Gasteiger partial charge in [-0.3, -0.25) is 4.79 Å². The fraction of sp³-hybridized carbons (Fsp3) is 0.333. The molecule has 0 saturated carbocycles. The third kappa shape index (κ3) is 3.85. The van der Waals surface area contributed by atoms with Crippen LogP contribution in [0.4, 0.5) is 0 Å². The van der Waals surface area contributed by atoms with Crippen LogP contribution in [0.15, 0.2) is 18.2 Å². The summed E-state index contributed by atoms with van der Waals surface area (Å²) in [6, 6.07) is 4.25. The highest BCUT2D eigenvalue weighted by Crippen LogP contribution is 2.22. The Morgan fingerprint density at radius 3 is 2.78 bits per heavy atom. The van der Waals surface area contributed by atoms with Crippen molar-refractivity contribution in [2.24, 2.45) is 5.73 Å². The minimum absolute atomic E-state index is 0.00507. The van der Waals surface area contributed by atoms with E-state index in [0.29, 0.717) is 11.6 Å². The summed E-state index contributed by atoms with van der Waals surface area (Å²) in [5.74, 6) is -0.292. The lowest BCUT2D eigenvalue weighted by Gasteiger charge is -2.22. The number of halogens is 1. The molecule has 1 amide bonds. The lowest BCUT2D eigenvalue weighted by atomic mass is 10.1. The Bertz CT molecular complexity index is 465. The van der Waals surface area contributed by atoms with Gasteiger partial charge in [0.15, 0.2) is 0 Å². The van der Waals surface area contributed by atoms with Gasteiger partial charge in [-0.25, -0.2) is 0 Å². The fourth-order valence-corrected chi connectivity index (χ4v) is 1.91. The molecule has 0 aromatic heterocycles. The summed E-state index contributed by atoms with van der Waals surface area (Å²) >= 11 is 10.8. The van der Waals surface area contributed by atoms with Crippen molar-refractivity contribution < 1.29 is 9.90 Å². The lowest BCUT2D eigenvalue weighted by Crippen LogP contribution is -2.38. The Morgan fingerprint density at radius 1 is 1.56 bits per heavy atom. The number of hydrogen-bond donors (Lipinski definition) is 2. The van der Waals surface area contributed by atoms with Crippen molar-refractivity contribution in [3.8, 4) is 5.75 Å². The Kier molecular flexibility index (Phi) is 5.37. The summed E-state index contributed by atoms with van der Waals surface area (Å²) in [6.45, 7) is 2.68. The summed E-state index contributed by atoms with van der Waals surface area (Å²) in [7, 11) is 0. The van der Waals surface area contributed by atoms with E-state index in [-0.39, 0.29) is 28.8 Å². The highest BCUT2D eigenvalue weighted by Gasteiger charge is 2.18. The second-order valence-electron chi connectivity index (χ2n) is 3.86. The van der Waals surface area contributed by atoms with Crippen LogP contribution in [0.1, 0.15) is 23.7 Å². The monoisotopic (exact) mass is 286 g/mol. The number of carbonyl (C=O) groups excluding carboxylic acids is 1. The van der Waals surface area contributed by atoms with Gasteiger partial charge < -0.3 is 15.7 Å². The van der Waals surface area contributed by atoms with Crippen LogP contribution in [0.5, 0.6) is 5.75 Å². The largest absolute Gasteiger partial charge is 0.508 e. The number of nitrogens with two attached hydrogens (primary N) is 1. The SMILES string of the molecule is CCCN(CC(N)=S)C(=O)c1cc(O)ccc1Cl. The molecule has 0 radical (unpaired) electrons. The van der Waals surface area contributed by atoms with Crippen LogP contribution in [-0.4, -0.2) is 34.0 Å². The van der Waals surface area contributed by atoms with Gasteiger partial charge in [-0.2, -0.15) is 0 Å². The van der Waals surface area contributed by atoms with Crippen LogP contribution in [-0.2, 0) is 0 Å². The number of nitrogens with zero attached hydrogens (tertiary/aromatic N) is 1. The molecule has 0 fully saturated rings. The Balaban J connectivity index is 3.01. The topological polar surface area (TPSA) is 66.6 Å². The average Bonchev–Trinajstić information content (AvgIpc) is 2.30. The van der Waals surface area contributed by atoms with Gasteiger partial charge in [0, 0.05) is 6.54 Å². The maximum Gasteiger partial charge on any atom is 0.255 e. The Labute approximate surface area is 116 Å². The second kappa shape index (κ2) is 6.56. The van der Waals surface area contributed by atoms with Crippen molar-refractivity contribution in [3.63, 3.8) is 0 Å². The zero-order valence-corrected chi connectivity index (χ0v) is 11.6. The van der Waals surface area contributed by atoms with Gasteiger partial charge in [-0.05, 0) is 24.6 Å². The van der Waals surface area contributed by atoms with Crippen LogP contribution in [0, 0.1) is 0 Å². The molecule has 0 heterocycles. The van der Waals surface area contributed by atoms with E-state index in [2.05, 4.69) is 0 Å². The van der Waals surface area contributed by atoms with E-state index in [1.165, 1.54) is 23.1 Å². The highest BCUT2D eigenvalue weighted by atomic mass is 35.5. The second-order valence-corrected chi connectivity index (χ2v) is 4.79. The van der Waals surface area contributed by atoms with Crippen molar-refractivity contribution in [1.82, 2.24) is 4.90 Å². The van der Waals surface area contributed by atoms with Crippen LogP contribution in [0.2, 0.25) is 5.02 Å². The fourth-order valence-electron chi connectivity index (χ4n) is 1.56. The summed E-state index contributed by atoms with van der Waals surface area (Å²) in [5, 5.41) is 9.69. The lowest BCUT2D eigenvalue weighted by molar-refractivity contribution is 0.0779. The summed E-state index contributed by atoms with van der Waals surface area (Å²) < 4.78 is 0. The molecule has 1 aromatic rings. The summed E-state index contributed by atoms with van der Waals surface area (Å²) in [5.41, 5.74) is 5.71. The molecule has 1 aromatic carbocycles. The van der Waals surface area contributed by atoms with Crippen molar-refractivity contribution in [2.45, 2.75) is 13.3 Å². The van der Waals surface area contributed by atoms with Gasteiger partial charge in [-0.1, -0.05) is 30.7 Å². The van der Waals surface area contributed by atoms with Crippen LogP contribution in [0.3, 0.4) is 0 Å². The molecule has 0 atom stereocenters. The first kappa shape index (κ1) is 14.7. The summed E-state index contributed by atoms with van der Waals surface area (Å²) in [6.07, 6.45) is 0.783. The van der Waals surface area contributed by atoms with Gasteiger partial charge in [0.1, 0.15) is 5.75 Å². The van der Waals surface area contributed by atoms with E-state index >= 15 is 0 Å². The number of phenols is 1. The van der Waals surface area contributed by atoms with Gasteiger partial charge in [-0.15, -0.1) is 0 Å². The first-order chi connectivity index (χ1) is 8.45. The molecule has 0 bridgehead atoms. The van der Waals surface area contributed by atoms with Gasteiger partial charge in [0.25, 0.3) is 5.91 Å². The number of hydrogen-bond acceptors (Lipinski definition) is 3. The number of amides is 1. The molecule has 0 unspecified atom stereocenters. The third-order valence-corrected chi connectivity index (χ3v) is 2.77. The number of thiocarbonyl (C=S) groups is 1. The molecule has 0 aliphatic carbocycles. The van der Waals surface area contributed by atoms with E-state index in [4.69, 9.17) is 29.6 Å². The predicted octanol–water partition coefficient (Wildman–Crippen LogP) is 2.18. The molecule has 18 heavy (non-hydrogen) atoms. The van der Waals surface area contributed by atoms with E-state index in [0.717, 1.165) is 6.42 Å². The third-order valence-electron chi connectivity index (χ3n) is 2.31. The molecule has 6 heteroatoms. The number of phenolic OH excluding ortho intramolecular Hbond substituents is 1. The number of carbonyl (C=O) groups is 1. The standard InChI is InChI=1S/C12H15ClN2O2S/c1-2-5-15(7-11(14)18)12(17)9-6-8(16)3-4-10(9)13/h3-4,6,16H,2,5,7H2,1H3,(H2,14,18). The smallest absolute Gasteiger partial charge is 0.255 e. The zero-order valence-electron chi connectivity index (χ0n) is 10.0. The van der Waals surface area contributed by atoms with E-state index in [1.54, 1.807) is 0 Å². The predicted molar refractivity (Wildman–Crippen MR) is 76.1 cm³/mol. The molecule has 3 N–H and O–H groups in total. The van der Waals surface area contributed by atoms with Crippen LogP contribution < -0.4 is 5.73 Å². The molecule has 4 nitrogen and oxygen atoms in total. The van der Waals surface area contributed by atoms with E-state index < -0.39 is 0 Å². The van der Waals surface area contributed by atoms with E-state index in [9.17, 15) is 9.90 Å². The maximum atomic E-state index is 12.3. The van der Waals surface area contributed by atoms with Crippen molar-refractivity contribution in [1.29, 1.82) is 0 Å². The molecule has 1 rings (SSSR count). The van der Waals surface area contributed by atoms with Crippen LogP contribution in [0.25, 0.3) is 0 Å². The normalized spacial score (nSPS) is 10.1.